The molecule has 1 aromatic carbocycles. The Balaban J connectivity index is 1.68. The van der Waals surface area contributed by atoms with Crippen LogP contribution >= 0.6 is 0 Å². The maximum Gasteiger partial charge on any atom is 0.242 e. The highest BCUT2D eigenvalue weighted by Gasteiger charge is 2.61. The molecule has 0 N–H and O–H groups in total. The molecule has 0 spiro atoms. The highest BCUT2D eigenvalue weighted by molar-refractivity contribution is 6.70. The first-order chi connectivity index (χ1) is 15.1. The molecule has 0 bridgehead atoms. The van der Waals surface area contributed by atoms with E-state index >= 15 is 0 Å². The van der Waals surface area contributed by atoms with E-state index in [-0.39, 0.29) is 5.41 Å². The highest BCUT2D eigenvalue weighted by atomic mass is 28.4. The van der Waals surface area contributed by atoms with Gasteiger partial charge in [-0.2, -0.15) is 0 Å². The van der Waals surface area contributed by atoms with Crippen LogP contribution in [-0.4, -0.2) is 37.2 Å². The highest BCUT2D eigenvalue weighted by Crippen LogP contribution is 2.63. The van der Waals surface area contributed by atoms with E-state index in [0.717, 1.165) is 18.1 Å². The van der Waals surface area contributed by atoms with Crippen molar-refractivity contribution in [2.45, 2.75) is 116 Å². The molecule has 0 saturated heterocycles. The molecular weight excluding hydrogens is 457 g/mol. The van der Waals surface area contributed by atoms with Gasteiger partial charge in [-0.05, 0) is 132 Å². The molecule has 6 heteroatoms. The van der Waals surface area contributed by atoms with Gasteiger partial charge in [0.1, 0.15) is 5.75 Å². The number of benzene rings is 1. The van der Waals surface area contributed by atoms with Crippen molar-refractivity contribution in [3.05, 3.63) is 29.3 Å². The summed E-state index contributed by atoms with van der Waals surface area (Å²) in [5.41, 5.74) is 3.24. The summed E-state index contributed by atoms with van der Waals surface area (Å²) in [5.74, 6) is 3.14. The molecule has 0 amide bonds. The van der Waals surface area contributed by atoms with Crippen LogP contribution in [0.4, 0.5) is 0 Å². The predicted molar refractivity (Wildman–Crippen MR) is 147 cm³/mol. The minimum atomic E-state index is -1.68. The molecule has 186 valence electrons. The van der Waals surface area contributed by atoms with E-state index in [1.54, 1.807) is 5.56 Å². The van der Waals surface area contributed by atoms with E-state index in [1.165, 1.54) is 31.2 Å². The van der Waals surface area contributed by atoms with E-state index in [1.807, 2.05) is 0 Å². The first kappa shape index (κ1) is 25.7. The van der Waals surface area contributed by atoms with Gasteiger partial charge in [0.05, 0.1) is 12.2 Å². The summed E-state index contributed by atoms with van der Waals surface area (Å²) in [4.78, 5) is 0. The summed E-state index contributed by atoms with van der Waals surface area (Å²) >= 11 is 0. The van der Waals surface area contributed by atoms with Crippen molar-refractivity contribution >= 4 is 25.0 Å². The third-order valence-corrected chi connectivity index (χ3v) is 10.9. The molecule has 3 aliphatic rings. The quantitative estimate of drug-likeness (QED) is 0.370. The lowest BCUT2D eigenvalue weighted by Gasteiger charge is -2.56. The molecule has 0 aliphatic heterocycles. The normalized spacial score (nSPS) is 34.4. The zero-order valence-corrected chi connectivity index (χ0v) is 25.9. The maximum absolute atomic E-state index is 7.05. The van der Waals surface area contributed by atoms with Crippen molar-refractivity contribution in [2.75, 3.05) is 0 Å². The topological polar surface area (TPSA) is 27.7 Å². The van der Waals surface area contributed by atoms with Gasteiger partial charge >= 0.3 is 0 Å². The lowest BCUT2D eigenvalue weighted by atomic mass is 9.54. The van der Waals surface area contributed by atoms with E-state index in [4.69, 9.17) is 13.3 Å². The molecule has 2 saturated carbocycles. The van der Waals surface area contributed by atoms with Gasteiger partial charge in [-0.25, -0.2) is 0 Å². The molecule has 0 unspecified atom stereocenters. The summed E-state index contributed by atoms with van der Waals surface area (Å²) in [6.45, 7) is 23.4. The van der Waals surface area contributed by atoms with Crippen molar-refractivity contribution in [1.29, 1.82) is 0 Å². The molecule has 0 aromatic heterocycles. The Labute approximate surface area is 206 Å². The van der Waals surface area contributed by atoms with E-state index in [9.17, 15) is 0 Å². The van der Waals surface area contributed by atoms with E-state index < -0.39 is 25.0 Å². The fourth-order valence-electron chi connectivity index (χ4n) is 7.13. The second-order valence-electron chi connectivity index (χ2n) is 14.1. The number of hydrogen-bond donors (Lipinski definition) is 0. The molecule has 3 nitrogen and oxygen atoms in total. The van der Waals surface area contributed by atoms with Gasteiger partial charge in [0.15, 0.2) is 16.6 Å². The van der Waals surface area contributed by atoms with Crippen LogP contribution < -0.4 is 4.43 Å². The predicted octanol–water partition coefficient (Wildman–Crippen LogP) is 7.81. The zero-order valence-electron chi connectivity index (χ0n) is 22.9. The van der Waals surface area contributed by atoms with E-state index in [0.29, 0.717) is 24.0 Å². The Bertz CT molecular complexity index is 867. The Morgan fingerprint density at radius 3 is 2.03 bits per heavy atom. The summed E-state index contributed by atoms with van der Waals surface area (Å²) in [6, 6.07) is 7.01. The van der Waals surface area contributed by atoms with Crippen LogP contribution in [0.25, 0.3) is 0 Å². The van der Waals surface area contributed by atoms with Crippen molar-refractivity contribution in [1.82, 2.24) is 0 Å². The van der Waals surface area contributed by atoms with Crippen LogP contribution in [0.15, 0.2) is 18.2 Å². The summed E-state index contributed by atoms with van der Waals surface area (Å²) in [5, 5.41) is 0. The molecular formula is C27H48O3Si3. The summed E-state index contributed by atoms with van der Waals surface area (Å²) in [6.07, 6.45) is 6.78. The van der Waals surface area contributed by atoms with Gasteiger partial charge < -0.3 is 13.3 Å². The van der Waals surface area contributed by atoms with Gasteiger partial charge in [0, 0.05) is 5.41 Å². The summed E-state index contributed by atoms with van der Waals surface area (Å²) in [7, 11) is -4.90. The monoisotopic (exact) mass is 504 g/mol. The average molecular weight is 505 g/mol. The first-order valence-electron chi connectivity index (χ1n) is 13.2. The summed E-state index contributed by atoms with van der Waals surface area (Å²) < 4.78 is 20.3. The lowest BCUT2D eigenvalue weighted by Crippen LogP contribution is -2.57. The second kappa shape index (κ2) is 8.61. The number of rotatable bonds is 6. The van der Waals surface area contributed by atoms with Crippen LogP contribution in [-0.2, 0) is 15.3 Å². The number of hydrogen-bond acceptors (Lipinski definition) is 3. The maximum atomic E-state index is 7.05. The Kier molecular flexibility index (Phi) is 6.70. The molecule has 3 aliphatic carbocycles. The molecule has 0 heterocycles. The van der Waals surface area contributed by atoms with Crippen molar-refractivity contribution in [2.24, 2.45) is 17.3 Å². The van der Waals surface area contributed by atoms with Crippen molar-refractivity contribution in [3.8, 4) is 5.75 Å². The van der Waals surface area contributed by atoms with Crippen LogP contribution in [0.5, 0.6) is 5.75 Å². The lowest BCUT2D eigenvalue weighted by molar-refractivity contribution is -0.101. The Hall–Kier alpha value is -0.409. The van der Waals surface area contributed by atoms with Gasteiger partial charge in [-0.1, -0.05) is 13.0 Å². The number of fused-ring (bicyclic) bond motifs is 5. The molecule has 6 atom stereocenters. The minimum absolute atomic E-state index is 0.139. The largest absolute Gasteiger partial charge is 0.544 e. The number of aryl methyl sites for hydroxylation is 1. The van der Waals surface area contributed by atoms with Crippen molar-refractivity contribution < 1.29 is 13.3 Å². The van der Waals surface area contributed by atoms with Gasteiger partial charge in [-0.3, -0.25) is 0 Å². The smallest absolute Gasteiger partial charge is 0.242 e. The molecule has 33 heavy (non-hydrogen) atoms. The SMILES string of the molecule is C[C@@]12[C@@H](O[Si](C)(C)C)CC[C@H]1[C@@H]1CCc3cc(O[Si](C)(C)C)ccc3[C@H]1C[C@H]2O[Si](C)(C)C. The molecule has 2 fully saturated rings. The zero-order chi connectivity index (χ0) is 24.4. The van der Waals surface area contributed by atoms with Gasteiger partial charge in [0.25, 0.3) is 0 Å². The third kappa shape index (κ3) is 5.40. The van der Waals surface area contributed by atoms with Crippen LogP contribution in [0.2, 0.25) is 58.9 Å². The Morgan fingerprint density at radius 1 is 0.788 bits per heavy atom. The van der Waals surface area contributed by atoms with Crippen LogP contribution in [0.3, 0.4) is 0 Å². The molecule has 0 radical (unpaired) electrons. The third-order valence-electron chi connectivity index (χ3n) is 8.10. The molecule has 4 rings (SSSR count). The van der Waals surface area contributed by atoms with Crippen LogP contribution in [0, 0.1) is 17.3 Å². The van der Waals surface area contributed by atoms with Gasteiger partial charge in [-0.15, -0.1) is 0 Å². The van der Waals surface area contributed by atoms with E-state index in [2.05, 4.69) is 84.0 Å². The second-order valence-corrected chi connectivity index (χ2v) is 27.5. The average Bonchev–Trinajstić information content (AvgIpc) is 2.95. The molecule has 1 aromatic rings. The van der Waals surface area contributed by atoms with Gasteiger partial charge in [0.2, 0.25) is 8.32 Å². The van der Waals surface area contributed by atoms with Crippen molar-refractivity contribution in [3.63, 3.8) is 0 Å². The van der Waals surface area contributed by atoms with Crippen LogP contribution in [0.1, 0.15) is 49.7 Å². The first-order valence-corrected chi connectivity index (χ1v) is 23.5. The standard InChI is InChI=1S/C27H48O3Si3/c1-27-24(15-16-25(27)29-32(5,6)7)22-13-11-19-17-20(28-31(2,3)4)12-14-21(19)23(22)18-26(27)30-33(8,9)10/h12,14,17,22-26H,11,13,15-16,18H2,1-10H3/t22-,23-,24+,25+,26-,27+/m1/s1. The fraction of sp³-hybridized carbons (Fsp3) is 0.778. The Morgan fingerprint density at radius 2 is 1.42 bits per heavy atom. The minimum Gasteiger partial charge on any atom is -0.544 e. The fourth-order valence-corrected chi connectivity index (χ4v) is 10.4.